The van der Waals surface area contributed by atoms with E-state index in [2.05, 4.69) is 17.9 Å². The van der Waals surface area contributed by atoms with E-state index in [4.69, 9.17) is 16.9 Å². The Morgan fingerprint density at radius 3 is 2.71 bits per heavy atom. The molecule has 0 radical (unpaired) electrons. The van der Waals surface area contributed by atoms with Gasteiger partial charge in [-0.15, -0.1) is 0 Å². The summed E-state index contributed by atoms with van der Waals surface area (Å²) in [4.78, 5) is 2.31. The third-order valence-corrected chi connectivity index (χ3v) is 3.85. The number of nitriles is 1. The van der Waals surface area contributed by atoms with E-state index < -0.39 is 0 Å². The van der Waals surface area contributed by atoms with Crippen LogP contribution in [0.5, 0.6) is 0 Å². The maximum absolute atomic E-state index is 9.14. The van der Waals surface area contributed by atoms with Gasteiger partial charge in [0.15, 0.2) is 0 Å². The van der Waals surface area contributed by atoms with Gasteiger partial charge in [-0.1, -0.05) is 24.9 Å². The van der Waals surface area contributed by atoms with Crippen LogP contribution < -0.4 is 4.90 Å². The van der Waals surface area contributed by atoms with Crippen molar-refractivity contribution in [2.24, 2.45) is 5.92 Å². The first-order valence-corrected chi connectivity index (χ1v) is 6.57. The van der Waals surface area contributed by atoms with Crippen molar-refractivity contribution in [1.82, 2.24) is 0 Å². The second kappa shape index (κ2) is 5.42. The van der Waals surface area contributed by atoms with Crippen LogP contribution in [-0.2, 0) is 0 Å². The standard InChI is InChI=1S/C14H17ClN2/c1-2-11-5-7-17(8-6-11)14-4-3-13(15)9-12(14)10-16/h3-4,9,11H,2,5-8H2,1H3. The molecule has 0 amide bonds. The smallest absolute Gasteiger partial charge is 0.101 e. The fraction of sp³-hybridized carbons (Fsp3) is 0.500. The predicted octanol–water partition coefficient (Wildman–Crippen LogP) is 3.84. The quantitative estimate of drug-likeness (QED) is 0.795. The first-order chi connectivity index (χ1) is 8.24. The Hall–Kier alpha value is -1.20. The zero-order valence-corrected chi connectivity index (χ0v) is 10.9. The van der Waals surface area contributed by atoms with Crippen LogP contribution in [0.3, 0.4) is 0 Å². The Kier molecular flexibility index (Phi) is 3.91. The van der Waals surface area contributed by atoms with Gasteiger partial charge in [0.2, 0.25) is 0 Å². The number of hydrogen-bond donors (Lipinski definition) is 0. The van der Waals surface area contributed by atoms with Crippen LogP contribution in [0.2, 0.25) is 5.02 Å². The molecular formula is C14H17ClN2. The maximum atomic E-state index is 9.14. The van der Waals surface area contributed by atoms with Crippen molar-refractivity contribution in [3.05, 3.63) is 28.8 Å². The number of benzene rings is 1. The Balaban J connectivity index is 2.16. The van der Waals surface area contributed by atoms with E-state index in [1.807, 2.05) is 12.1 Å². The number of hydrogen-bond acceptors (Lipinski definition) is 2. The van der Waals surface area contributed by atoms with Gasteiger partial charge >= 0.3 is 0 Å². The molecule has 1 aliphatic heterocycles. The lowest BCUT2D eigenvalue weighted by molar-refractivity contribution is 0.395. The molecule has 0 aliphatic carbocycles. The zero-order chi connectivity index (χ0) is 12.3. The van der Waals surface area contributed by atoms with Gasteiger partial charge in [0, 0.05) is 18.1 Å². The lowest BCUT2D eigenvalue weighted by Gasteiger charge is -2.33. The molecule has 0 spiro atoms. The molecule has 1 saturated heterocycles. The molecule has 0 saturated carbocycles. The first-order valence-electron chi connectivity index (χ1n) is 6.19. The van der Waals surface area contributed by atoms with Crippen molar-refractivity contribution < 1.29 is 0 Å². The highest BCUT2D eigenvalue weighted by Crippen LogP contribution is 2.28. The van der Waals surface area contributed by atoms with Crippen molar-refractivity contribution in [2.75, 3.05) is 18.0 Å². The highest BCUT2D eigenvalue weighted by atomic mass is 35.5. The highest BCUT2D eigenvalue weighted by molar-refractivity contribution is 6.30. The Morgan fingerprint density at radius 1 is 1.41 bits per heavy atom. The second-order valence-electron chi connectivity index (χ2n) is 4.61. The van der Waals surface area contributed by atoms with E-state index in [-0.39, 0.29) is 0 Å². The molecule has 0 bridgehead atoms. The van der Waals surface area contributed by atoms with E-state index in [0.717, 1.165) is 24.7 Å². The van der Waals surface area contributed by atoms with Crippen LogP contribution in [-0.4, -0.2) is 13.1 Å². The minimum atomic E-state index is 0.633. The summed E-state index contributed by atoms with van der Waals surface area (Å²) in [6, 6.07) is 7.82. The van der Waals surface area contributed by atoms with E-state index >= 15 is 0 Å². The molecular weight excluding hydrogens is 232 g/mol. The molecule has 3 heteroatoms. The van der Waals surface area contributed by atoms with Gasteiger partial charge in [-0.25, -0.2) is 0 Å². The lowest BCUT2D eigenvalue weighted by atomic mass is 9.94. The van der Waals surface area contributed by atoms with E-state index in [1.165, 1.54) is 19.3 Å². The molecule has 0 N–H and O–H groups in total. The van der Waals surface area contributed by atoms with Crippen LogP contribution in [0.4, 0.5) is 5.69 Å². The van der Waals surface area contributed by atoms with E-state index in [9.17, 15) is 0 Å². The number of piperidine rings is 1. The summed E-state index contributed by atoms with van der Waals surface area (Å²) in [6.07, 6.45) is 3.72. The molecule has 2 rings (SSSR count). The van der Waals surface area contributed by atoms with Gasteiger partial charge in [-0.05, 0) is 37.0 Å². The molecule has 0 atom stereocenters. The average molecular weight is 249 g/mol. The molecule has 0 aromatic heterocycles. The molecule has 2 nitrogen and oxygen atoms in total. The molecule has 1 heterocycles. The number of anilines is 1. The van der Waals surface area contributed by atoms with Crippen molar-refractivity contribution in [3.8, 4) is 6.07 Å². The molecule has 1 aromatic rings. The number of rotatable bonds is 2. The van der Waals surface area contributed by atoms with Crippen LogP contribution in [0.15, 0.2) is 18.2 Å². The predicted molar refractivity (Wildman–Crippen MR) is 71.4 cm³/mol. The van der Waals surface area contributed by atoms with Crippen molar-refractivity contribution in [1.29, 1.82) is 5.26 Å². The summed E-state index contributed by atoms with van der Waals surface area (Å²) in [5.41, 5.74) is 1.72. The van der Waals surface area contributed by atoms with E-state index in [0.29, 0.717) is 10.6 Å². The molecule has 17 heavy (non-hydrogen) atoms. The minimum Gasteiger partial charge on any atom is -0.370 e. The van der Waals surface area contributed by atoms with Gasteiger partial charge in [-0.3, -0.25) is 0 Å². The van der Waals surface area contributed by atoms with Crippen LogP contribution >= 0.6 is 11.6 Å². The van der Waals surface area contributed by atoms with Gasteiger partial charge in [0.1, 0.15) is 6.07 Å². The van der Waals surface area contributed by atoms with Gasteiger partial charge in [0.25, 0.3) is 0 Å². The van der Waals surface area contributed by atoms with Gasteiger partial charge in [0.05, 0.1) is 11.3 Å². The maximum Gasteiger partial charge on any atom is 0.101 e. The Bertz CT molecular complexity index is 428. The third-order valence-electron chi connectivity index (χ3n) is 3.61. The Labute approximate surface area is 108 Å². The van der Waals surface area contributed by atoms with Crippen molar-refractivity contribution in [3.63, 3.8) is 0 Å². The van der Waals surface area contributed by atoms with Crippen LogP contribution in [0.25, 0.3) is 0 Å². The third kappa shape index (κ3) is 2.73. The first kappa shape index (κ1) is 12.3. The number of nitrogens with zero attached hydrogens (tertiary/aromatic N) is 2. The number of halogens is 1. The zero-order valence-electron chi connectivity index (χ0n) is 10.1. The normalized spacial score (nSPS) is 16.9. The average Bonchev–Trinajstić information content (AvgIpc) is 2.39. The Morgan fingerprint density at radius 2 is 2.12 bits per heavy atom. The molecule has 1 aromatic carbocycles. The summed E-state index contributed by atoms with van der Waals surface area (Å²) in [7, 11) is 0. The second-order valence-corrected chi connectivity index (χ2v) is 5.05. The molecule has 90 valence electrons. The van der Waals surface area contributed by atoms with Crippen molar-refractivity contribution >= 4 is 17.3 Å². The lowest BCUT2D eigenvalue weighted by Crippen LogP contribution is -2.33. The van der Waals surface area contributed by atoms with Gasteiger partial charge < -0.3 is 4.90 Å². The summed E-state index contributed by atoms with van der Waals surface area (Å²) in [5.74, 6) is 0.851. The van der Waals surface area contributed by atoms with Crippen molar-refractivity contribution in [2.45, 2.75) is 26.2 Å². The molecule has 1 aliphatic rings. The summed E-state index contributed by atoms with van der Waals surface area (Å²) >= 11 is 5.91. The fourth-order valence-electron chi connectivity index (χ4n) is 2.46. The summed E-state index contributed by atoms with van der Waals surface area (Å²) < 4.78 is 0. The fourth-order valence-corrected chi connectivity index (χ4v) is 2.63. The molecule has 0 unspecified atom stereocenters. The SMILES string of the molecule is CCC1CCN(c2ccc(Cl)cc2C#N)CC1. The monoisotopic (exact) mass is 248 g/mol. The summed E-state index contributed by atoms with van der Waals surface area (Å²) in [5, 5.41) is 9.77. The van der Waals surface area contributed by atoms with Crippen LogP contribution in [0, 0.1) is 17.2 Å². The van der Waals surface area contributed by atoms with E-state index in [1.54, 1.807) is 6.07 Å². The summed E-state index contributed by atoms with van der Waals surface area (Å²) in [6.45, 7) is 4.35. The minimum absolute atomic E-state index is 0.633. The molecule has 1 fully saturated rings. The topological polar surface area (TPSA) is 27.0 Å². The largest absolute Gasteiger partial charge is 0.370 e. The van der Waals surface area contributed by atoms with Gasteiger partial charge in [-0.2, -0.15) is 5.26 Å². The van der Waals surface area contributed by atoms with Crippen LogP contribution in [0.1, 0.15) is 31.7 Å². The highest BCUT2D eigenvalue weighted by Gasteiger charge is 2.19.